The molecule has 8 nitrogen and oxygen atoms in total. The van der Waals surface area contributed by atoms with Crippen LogP contribution in [0.1, 0.15) is 0 Å². The number of amides is 1. The van der Waals surface area contributed by atoms with E-state index in [-0.39, 0.29) is 5.91 Å². The van der Waals surface area contributed by atoms with Crippen LogP contribution in [-0.4, -0.2) is 74.3 Å². The number of piperazine rings is 1. The van der Waals surface area contributed by atoms with Crippen LogP contribution in [0.2, 0.25) is 0 Å². The van der Waals surface area contributed by atoms with Gasteiger partial charge in [0.2, 0.25) is 10.7 Å². The molecule has 3 heterocycles. The molecule has 1 aromatic carbocycles. The van der Waals surface area contributed by atoms with Crippen LogP contribution in [-0.2, 0) is 11.5 Å². The molecule has 1 saturated heterocycles. The number of para-hydroxylation sites is 1. The summed E-state index contributed by atoms with van der Waals surface area (Å²) in [6.45, 7) is 8.49. The Morgan fingerprint density at radius 2 is 1.75 bits per heavy atom. The third kappa shape index (κ3) is 5.18. The highest BCUT2D eigenvalue weighted by molar-refractivity contribution is 7.71. The van der Waals surface area contributed by atoms with Crippen molar-refractivity contribution in [2.75, 3.05) is 39.3 Å². The Labute approximate surface area is 192 Å². The fourth-order valence-electron chi connectivity index (χ4n) is 3.72. The topological polar surface area (TPSA) is 71.2 Å². The second-order valence-corrected chi connectivity index (χ2v) is 8.01. The standard InChI is InChI=1S/C23H27N7OS/c1-2-10-25-21(31)17-27-13-15-28(16-14-27)18-29-23(32)30(20-6-4-3-5-7-20)22(26-29)19-8-11-24-12-9-19/h2-9,11-12H,1,10,13-18H2,(H,25,31). The number of pyridine rings is 1. The maximum Gasteiger partial charge on any atom is 0.234 e. The van der Waals surface area contributed by atoms with Gasteiger partial charge in [-0.25, -0.2) is 4.68 Å². The Morgan fingerprint density at radius 3 is 2.44 bits per heavy atom. The molecule has 0 radical (unpaired) electrons. The molecule has 1 fully saturated rings. The lowest BCUT2D eigenvalue weighted by molar-refractivity contribution is -0.122. The maximum atomic E-state index is 11.9. The van der Waals surface area contributed by atoms with E-state index in [1.54, 1.807) is 18.5 Å². The number of carbonyl (C=O) groups excluding carboxylic acids is 1. The molecule has 0 atom stereocenters. The minimum absolute atomic E-state index is 0.0316. The van der Waals surface area contributed by atoms with Crippen LogP contribution in [0.5, 0.6) is 0 Å². The Hall–Kier alpha value is -3.14. The number of aromatic nitrogens is 4. The molecule has 0 unspecified atom stereocenters. The van der Waals surface area contributed by atoms with Gasteiger partial charge in [-0.2, -0.15) is 0 Å². The third-order valence-corrected chi connectivity index (χ3v) is 5.80. The number of hydrogen-bond donors (Lipinski definition) is 1. The van der Waals surface area contributed by atoms with Crippen molar-refractivity contribution in [1.82, 2.24) is 34.4 Å². The quantitative estimate of drug-likeness (QED) is 0.421. The molecule has 4 rings (SSSR count). The lowest BCUT2D eigenvalue weighted by atomic mass is 10.2. The fourth-order valence-corrected chi connectivity index (χ4v) is 4.01. The van der Waals surface area contributed by atoms with E-state index in [2.05, 4.69) is 26.7 Å². The number of rotatable bonds is 8. The largest absolute Gasteiger partial charge is 0.352 e. The monoisotopic (exact) mass is 449 g/mol. The third-order valence-electron chi connectivity index (χ3n) is 5.40. The summed E-state index contributed by atoms with van der Waals surface area (Å²) in [5.41, 5.74) is 1.94. The Morgan fingerprint density at radius 1 is 1.06 bits per heavy atom. The van der Waals surface area contributed by atoms with Crippen molar-refractivity contribution in [2.45, 2.75) is 6.67 Å². The zero-order valence-corrected chi connectivity index (χ0v) is 18.7. The van der Waals surface area contributed by atoms with Crippen LogP contribution in [0.25, 0.3) is 17.1 Å². The second-order valence-electron chi connectivity index (χ2n) is 7.64. The average Bonchev–Trinajstić information content (AvgIpc) is 3.16. The summed E-state index contributed by atoms with van der Waals surface area (Å²) in [5.74, 6) is 0.824. The summed E-state index contributed by atoms with van der Waals surface area (Å²) < 4.78 is 4.53. The van der Waals surface area contributed by atoms with Gasteiger partial charge in [-0.3, -0.25) is 24.1 Å². The predicted molar refractivity (Wildman–Crippen MR) is 127 cm³/mol. The predicted octanol–water partition coefficient (Wildman–Crippen LogP) is 2.34. The summed E-state index contributed by atoms with van der Waals surface area (Å²) in [7, 11) is 0. The first-order valence-corrected chi connectivity index (χ1v) is 11.0. The zero-order valence-electron chi connectivity index (χ0n) is 17.9. The van der Waals surface area contributed by atoms with Crippen molar-refractivity contribution >= 4 is 18.1 Å². The van der Waals surface area contributed by atoms with Gasteiger partial charge in [-0.05, 0) is 36.5 Å². The fraction of sp³-hybridized carbons (Fsp3) is 0.304. The van der Waals surface area contributed by atoms with E-state index in [1.807, 2.05) is 51.7 Å². The van der Waals surface area contributed by atoms with Gasteiger partial charge in [0, 0.05) is 56.4 Å². The number of nitrogens with zero attached hydrogens (tertiary/aromatic N) is 6. The van der Waals surface area contributed by atoms with Gasteiger partial charge >= 0.3 is 0 Å². The molecule has 1 N–H and O–H groups in total. The molecule has 9 heteroatoms. The summed E-state index contributed by atoms with van der Waals surface area (Å²) in [6, 6.07) is 13.9. The summed E-state index contributed by atoms with van der Waals surface area (Å²) >= 11 is 5.83. The van der Waals surface area contributed by atoms with Crippen LogP contribution >= 0.6 is 12.2 Å². The molecular formula is C23H27N7OS. The molecule has 2 aromatic heterocycles. The van der Waals surface area contributed by atoms with Crippen LogP contribution in [0.3, 0.4) is 0 Å². The highest BCUT2D eigenvalue weighted by Crippen LogP contribution is 2.22. The zero-order chi connectivity index (χ0) is 22.3. The van der Waals surface area contributed by atoms with Crippen molar-refractivity contribution in [3.63, 3.8) is 0 Å². The summed E-state index contributed by atoms with van der Waals surface area (Å²) in [5, 5.41) is 7.70. The van der Waals surface area contributed by atoms with Gasteiger partial charge in [-0.1, -0.05) is 24.3 Å². The molecule has 0 aliphatic carbocycles. The van der Waals surface area contributed by atoms with Crippen molar-refractivity contribution in [1.29, 1.82) is 0 Å². The van der Waals surface area contributed by atoms with Crippen LogP contribution in [0.4, 0.5) is 0 Å². The van der Waals surface area contributed by atoms with Crippen LogP contribution in [0, 0.1) is 4.77 Å². The van der Waals surface area contributed by atoms with Crippen molar-refractivity contribution in [2.24, 2.45) is 0 Å². The minimum atomic E-state index is 0.0316. The van der Waals surface area contributed by atoms with E-state index in [4.69, 9.17) is 17.3 Å². The Kier molecular flexibility index (Phi) is 7.21. The average molecular weight is 450 g/mol. The Bertz CT molecular complexity index is 1100. The van der Waals surface area contributed by atoms with E-state index >= 15 is 0 Å². The van der Waals surface area contributed by atoms with E-state index in [9.17, 15) is 4.79 Å². The highest BCUT2D eigenvalue weighted by Gasteiger charge is 2.21. The molecule has 0 saturated carbocycles. The van der Waals surface area contributed by atoms with Crippen LogP contribution < -0.4 is 5.32 Å². The van der Waals surface area contributed by atoms with E-state index in [0.717, 1.165) is 43.3 Å². The van der Waals surface area contributed by atoms with Crippen LogP contribution in [0.15, 0.2) is 67.5 Å². The molecule has 1 aliphatic heterocycles. The second kappa shape index (κ2) is 10.4. The molecule has 0 spiro atoms. The van der Waals surface area contributed by atoms with Gasteiger partial charge in [0.1, 0.15) is 0 Å². The van der Waals surface area contributed by atoms with E-state index in [1.165, 1.54) is 0 Å². The van der Waals surface area contributed by atoms with E-state index in [0.29, 0.717) is 24.5 Å². The number of hydrogen-bond acceptors (Lipinski definition) is 6. The minimum Gasteiger partial charge on any atom is -0.352 e. The first kappa shape index (κ1) is 22.1. The normalized spacial score (nSPS) is 14.9. The van der Waals surface area contributed by atoms with Gasteiger partial charge < -0.3 is 5.32 Å². The van der Waals surface area contributed by atoms with E-state index < -0.39 is 0 Å². The first-order chi connectivity index (χ1) is 15.7. The molecule has 0 bridgehead atoms. The smallest absolute Gasteiger partial charge is 0.234 e. The molecule has 3 aromatic rings. The first-order valence-electron chi connectivity index (χ1n) is 10.6. The van der Waals surface area contributed by atoms with Gasteiger partial charge in [-0.15, -0.1) is 11.7 Å². The SMILES string of the molecule is C=CCNC(=O)CN1CCN(Cn2nc(-c3ccncc3)n(-c3ccccc3)c2=S)CC1. The molecule has 1 amide bonds. The van der Waals surface area contributed by atoms with Gasteiger partial charge in [0.05, 0.1) is 13.2 Å². The number of benzene rings is 1. The molecule has 166 valence electrons. The Balaban J connectivity index is 1.49. The van der Waals surface area contributed by atoms with Crippen molar-refractivity contribution in [3.8, 4) is 17.1 Å². The summed E-state index contributed by atoms with van der Waals surface area (Å²) in [4.78, 5) is 20.5. The highest BCUT2D eigenvalue weighted by atomic mass is 32.1. The number of carbonyl (C=O) groups is 1. The van der Waals surface area contributed by atoms with Crippen molar-refractivity contribution < 1.29 is 4.79 Å². The molecule has 1 aliphatic rings. The lowest BCUT2D eigenvalue weighted by Gasteiger charge is -2.33. The van der Waals surface area contributed by atoms with Crippen molar-refractivity contribution in [3.05, 3.63) is 72.3 Å². The van der Waals surface area contributed by atoms with Gasteiger partial charge in [0.25, 0.3) is 0 Å². The summed E-state index contributed by atoms with van der Waals surface area (Å²) in [6.07, 6.45) is 5.21. The molecule has 32 heavy (non-hydrogen) atoms. The molecular weight excluding hydrogens is 422 g/mol. The maximum absolute atomic E-state index is 11.9. The lowest BCUT2D eigenvalue weighted by Crippen LogP contribution is -2.49. The number of nitrogens with one attached hydrogen (secondary N) is 1. The van der Waals surface area contributed by atoms with Gasteiger partial charge in [0.15, 0.2) is 5.82 Å².